The van der Waals surface area contributed by atoms with Crippen LogP contribution in [0.25, 0.3) is 5.69 Å². The third-order valence-electron chi connectivity index (χ3n) is 7.22. The van der Waals surface area contributed by atoms with Crippen molar-refractivity contribution in [3.63, 3.8) is 0 Å². The maximum atomic E-state index is 11.7. The molecule has 2 aliphatic rings. The molecule has 0 amide bonds. The van der Waals surface area contributed by atoms with Gasteiger partial charge in [0.15, 0.2) is 16.6 Å². The third-order valence-corrected chi connectivity index (χ3v) is 7.53. The number of rotatable bonds is 5. The molecule has 2 atom stereocenters. The molecule has 0 spiro atoms. The molecule has 1 saturated heterocycles. The lowest BCUT2D eigenvalue weighted by Gasteiger charge is -2.28. The monoisotopic (exact) mass is 526 g/mol. The zero-order valence-corrected chi connectivity index (χ0v) is 22.0. The number of fused-ring (bicyclic) bond motifs is 1. The van der Waals surface area contributed by atoms with Crippen molar-refractivity contribution in [1.82, 2.24) is 14.9 Å². The standard InChI is InChI=1S/C29H26N4O4S/c1-16-7-8-19(28(34)35)13-23(16)32-17(2)12-21(18(32)3)27-26(22-6-4-5-11-30-22)31-29(38)33(27)20-9-10-24-25(14-20)37-15-36-24/h4-14,26-27H,15H2,1-3H3,(H,31,38)(H,34,35)/t26-,27+/m0/s1. The lowest BCUT2D eigenvalue weighted by Crippen LogP contribution is -2.29. The van der Waals surface area contributed by atoms with Gasteiger partial charge in [-0.3, -0.25) is 4.98 Å². The number of hydrogen-bond acceptors (Lipinski definition) is 5. The highest BCUT2D eigenvalue weighted by atomic mass is 32.1. The van der Waals surface area contributed by atoms with Crippen molar-refractivity contribution in [2.45, 2.75) is 32.9 Å². The SMILES string of the molecule is Cc1ccc(C(=O)O)cc1-n1c(C)cc([C@@H]2[C@H](c3ccccn3)NC(=S)N2c2ccc3c(c2)OCO3)c1C. The molecule has 0 aliphatic carbocycles. The molecule has 2 N–H and O–H groups in total. The van der Waals surface area contributed by atoms with E-state index in [2.05, 4.69) is 32.8 Å². The van der Waals surface area contributed by atoms with Gasteiger partial charge in [0.1, 0.15) is 0 Å². The minimum absolute atomic E-state index is 0.192. The molecule has 4 heterocycles. The number of nitrogens with zero attached hydrogens (tertiary/aromatic N) is 3. The third kappa shape index (κ3) is 3.86. The second-order valence-electron chi connectivity index (χ2n) is 9.50. The number of aromatic carboxylic acids is 1. The first kappa shape index (κ1) is 24.0. The summed E-state index contributed by atoms with van der Waals surface area (Å²) >= 11 is 5.89. The molecule has 0 unspecified atom stereocenters. The van der Waals surface area contributed by atoms with E-state index in [0.29, 0.717) is 16.6 Å². The van der Waals surface area contributed by atoms with Crippen molar-refractivity contribution >= 4 is 29.0 Å². The van der Waals surface area contributed by atoms with E-state index in [4.69, 9.17) is 21.7 Å². The van der Waals surface area contributed by atoms with Crippen LogP contribution < -0.4 is 19.7 Å². The van der Waals surface area contributed by atoms with Crippen LogP contribution in [0.15, 0.2) is 66.9 Å². The van der Waals surface area contributed by atoms with Crippen LogP contribution in [-0.4, -0.2) is 32.5 Å². The molecule has 38 heavy (non-hydrogen) atoms. The van der Waals surface area contributed by atoms with Gasteiger partial charge in [0.05, 0.1) is 23.3 Å². The summed E-state index contributed by atoms with van der Waals surface area (Å²) in [5.74, 6) is 0.428. The average Bonchev–Trinajstić information content (AvgIpc) is 3.59. The van der Waals surface area contributed by atoms with Gasteiger partial charge in [0.2, 0.25) is 6.79 Å². The molecule has 4 aromatic rings. The molecule has 2 aliphatic heterocycles. The fourth-order valence-corrected chi connectivity index (χ4v) is 5.77. The zero-order chi connectivity index (χ0) is 26.6. The van der Waals surface area contributed by atoms with Crippen molar-refractivity contribution < 1.29 is 19.4 Å². The van der Waals surface area contributed by atoms with Gasteiger partial charge in [-0.2, -0.15) is 0 Å². The number of carboxylic acids is 1. The molecular weight excluding hydrogens is 500 g/mol. The summed E-state index contributed by atoms with van der Waals surface area (Å²) in [7, 11) is 0. The molecule has 1 fully saturated rings. The van der Waals surface area contributed by atoms with E-state index >= 15 is 0 Å². The number of carbonyl (C=O) groups is 1. The lowest BCUT2D eigenvalue weighted by atomic mass is 9.96. The fraction of sp³-hybridized carbons (Fsp3) is 0.207. The van der Waals surface area contributed by atoms with Gasteiger partial charge >= 0.3 is 5.97 Å². The van der Waals surface area contributed by atoms with Gasteiger partial charge in [-0.25, -0.2) is 4.79 Å². The van der Waals surface area contributed by atoms with Crippen LogP contribution in [-0.2, 0) is 0 Å². The van der Waals surface area contributed by atoms with E-state index in [9.17, 15) is 9.90 Å². The Labute approximate surface area is 225 Å². The first-order chi connectivity index (χ1) is 18.3. The first-order valence-corrected chi connectivity index (χ1v) is 12.7. The van der Waals surface area contributed by atoms with Crippen LogP contribution in [0.1, 0.15) is 50.7 Å². The number of pyridine rings is 1. The van der Waals surface area contributed by atoms with Gasteiger partial charge in [-0.05, 0) is 86.6 Å². The summed E-state index contributed by atoms with van der Waals surface area (Å²) in [6.07, 6.45) is 1.78. The molecule has 192 valence electrons. The fourth-order valence-electron chi connectivity index (χ4n) is 5.43. The molecule has 8 nitrogen and oxygen atoms in total. The molecule has 0 bridgehead atoms. The molecule has 2 aromatic carbocycles. The number of ether oxygens (including phenoxy) is 2. The Morgan fingerprint density at radius 3 is 2.63 bits per heavy atom. The summed E-state index contributed by atoms with van der Waals surface area (Å²) in [6, 6.07) is 18.6. The second kappa shape index (κ2) is 9.18. The molecular formula is C29H26N4O4S. The van der Waals surface area contributed by atoms with Gasteiger partial charge in [-0.1, -0.05) is 12.1 Å². The van der Waals surface area contributed by atoms with Gasteiger partial charge < -0.3 is 29.4 Å². The lowest BCUT2D eigenvalue weighted by molar-refractivity contribution is 0.0697. The van der Waals surface area contributed by atoms with Gasteiger partial charge in [0.25, 0.3) is 0 Å². The minimum atomic E-state index is -0.955. The Kier molecular flexibility index (Phi) is 5.80. The van der Waals surface area contributed by atoms with Crippen molar-refractivity contribution in [3.8, 4) is 17.2 Å². The Morgan fingerprint density at radius 1 is 1.05 bits per heavy atom. The summed E-state index contributed by atoms with van der Waals surface area (Å²) in [4.78, 5) is 18.5. The predicted octanol–water partition coefficient (Wildman–Crippen LogP) is 5.40. The second-order valence-corrected chi connectivity index (χ2v) is 9.89. The topological polar surface area (TPSA) is 88.8 Å². The normalized spacial score (nSPS) is 18.1. The highest BCUT2D eigenvalue weighted by Crippen LogP contribution is 2.46. The van der Waals surface area contributed by atoms with Gasteiger partial charge in [-0.15, -0.1) is 0 Å². The number of thiocarbonyl (C=S) groups is 1. The van der Waals surface area contributed by atoms with Crippen molar-refractivity contribution in [1.29, 1.82) is 0 Å². The smallest absolute Gasteiger partial charge is 0.335 e. The molecule has 0 radical (unpaired) electrons. The number of aryl methyl sites for hydroxylation is 2. The van der Waals surface area contributed by atoms with Crippen LogP contribution in [0.2, 0.25) is 0 Å². The molecule has 6 rings (SSSR count). The van der Waals surface area contributed by atoms with E-state index in [1.807, 2.05) is 56.3 Å². The molecule has 2 aromatic heterocycles. The number of benzene rings is 2. The van der Waals surface area contributed by atoms with Crippen molar-refractivity contribution in [2.75, 3.05) is 11.7 Å². The van der Waals surface area contributed by atoms with Crippen LogP contribution in [0, 0.1) is 20.8 Å². The maximum Gasteiger partial charge on any atom is 0.335 e. The summed E-state index contributed by atoms with van der Waals surface area (Å²) in [6.45, 7) is 6.27. The zero-order valence-electron chi connectivity index (χ0n) is 21.1. The number of nitrogens with one attached hydrogen (secondary N) is 1. The Hall–Kier alpha value is -4.37. The van der Waals surface area contributed by atoms with E-state index < -0.39 is 5.97 Å². The Morgan fingerprint density at radius 2 is 1.87 bits per heavy atom. The molecule has 9 heteroatoms. The number of aromatic nitrogens is 2. The predicted molar refractivity (Wildman–Crippen MR) is 147 cm³/mol. The largest absolute Gasteiger partial charge is 0.478 e. The quantitative estimate of drug-likeness (QED) is 0.334. The van der Waals surface area contributed by atoms with Crippen molar-refractivity contribution in [2.24, 2.45) is 0 Å². The van der Waals surface area contributed by atoms with E-state index in [0.717, 1.165) is 39.6 Å². The van der Waals surface area contributed by atoms with Gasteiger partial charge in [0, 0.05) is 35.0 Å². The Balaban J connectivity index is 1.52. The number of carboxylic acid groups (broad SMARTS) is 1. The summed E-state index contributed by atoms with van der Waals surface area (Å²) < 4.78 is 13.3. The number of hydrogen-bond donors (Lipinski definition) is 2. The van der Waals surface area contributed by atoms with E-state index in [1.54, 1.807) is 18.3 Å². The minimum Gasteiger partial charge on any atom is -0.478 e. The van der Waals surface area contributed by atoms with Crippen molar-refractivity contribution in [3.05, 3.63) is 101 Å². The number of anilines is 1. The summed E-state index contributed by atoms with van der Waals surface area (Å²) in [5, 5.41) is 13.7. The maximum absolute atomic E-state index is 11.7. The van der Waals surface area contributed by atoms with Crippen LogP contribution in [0.5, 0.6) is 11.5 Å². The Bertz CT molecular complexity index is 1580. The first-order valence-electron chi connectivity index (χ1n) is 12.3. The van der Waals surface area contributed by atoms with E-state index in [-0.39, 0.29) is 24.4 Å². The van der Waals surface area contributed by atoms with Crippen LogP contribution >= 0.6 is 12.2 Å². The van der Waals surface area contributed by atoms with Crippen LogP contribution in [0.3, 0.4) is 0 Å². The average molecular weight is 527 g/mol. The van der Waals surface area contributed by atoms with E-state index in [1.165, 1.54) is 0 Å². The highest BCUT2D eigenvalue weighted by Gasteiger charge is 2.42. The molecule has 0 saturated carbocycles. The summed E-state index contributed by atoms with van der Waals surface area (Å²) in [5.41, 5.74) is 6.87. The van der Waals surface area contributed by atoms with Crippen LogP contribution in [0.4, 0.5) is 5.69 Å². The highest BCUT2D eigenvalue weighted by molar-refractivity contribution is 7.80.